The summed E-state index contributed by atoms with van der Waals surface area (Å²) >= 11 is 0. The molecule has 1 atom stereocenters. The summed E-state index contributed by atoms with van der Waals surface area (Å²) in [6, 6.07) is 0. The zero-order valence-corrected chi connectivity index (χ0v) is 9.28. The first kappa shape index (κ1) is 13.1. The minimum Gasteiger partial charge on any atom is -0.385 e. The number of hydrogen-bond donors (Lipinski definition) is 1. The molecule has 1 unspecified atom stereocenters. The van der Waals surface area contributed by atoms with Gasteiger partial charge in [0.2, 0.25) is 0 Å². The zero-order chi connectivity index (χ0) is 9.94. The highest BCUT2D eigenvalue weighted by Gasteiger charge is 1.98. The second-order valence-corrected chi connectivity index (χ2v) is 4.74. The number of methoxy groups -OCH3 is 1. The van der Waals surface area contributed by atoms with Gasteiger partial charge in [-0.2, -0.15) is 0 Å². The van der Waals surface area contributed by atoms with E-state index < -0.39 is 10.8 Å². The molecule has 0 fully saturated rings. The van der Waals surface area contributed by atoms with Gasteiger partial charge in [0.05, 0.1) is 0 Å². The molecule has 0 bridgehead atoms. The minimum absolute atomic E-state index is 0.646. The second-order valence-electron chi connectivity index (χ2n) is 3.04. The van der Waals surface area contributed by atoms with E-state index in [2.05, 4.69) is 0 Å². The molecule has 0 aromatic carbocycles. The van der Waals surface area contributed by atoms with E-state index in [1.165, 1.54) is 0 Å². The molecular weight excluding hydrogens is 186 g/mol. The van der Waals surface area contributed by atoms with E-state index in [0.29, 0.717) is 6.61 Å². The highest BCUT2D eigenvalue weighted by molar-refractivity contribution is 7.84. The van der Waals surface area contributed by atoms with Crippen LogP contribution in [-0.4, -0.2) is 36.0 Å². The molecule has 0 aliphatic heterocycles. The molecule has 13 heavy (non-hydrogen) atoms. The fraction of sp³-hybridized carbons (Fsp3) is 1.00. The van der Waals surface area contributed by atoms with E-state index in [9.17, 15) is 4.21 Å². The predicted molar refractivity (Wildman–Crippen MR) is 57.3 cm³/mol. The number of rotatable bonds is 9. The Balaban J connectivity index is 3.11. The molecule has 80 valence electrons. The molecule has 2 N–H and O–H groups in total. The first-order valence-electron chi connectivity index (χ1n) is 4.85. The first-order valence-corrected chi connectivity index (χ1v) is 6.34. The molecule has 3 nitrogen and oxygen atoms in total. The van der Waals surface area contributed by atoms with Crippen molar-refractivity contribution in [2.75, 3.05) is 31.8 Å². The molecule has 0 aromatic heterocycles. The van der Waals surface area contributed by atoms with Crippen molar-refractivity contribution in [3.63, 3.8) is 0 Å². The summed E-state index contributed by atoms with van der Waals surface area (Å²) in [5, 5.41) is 0. The number of hydrogen-bond acceptors (Lipinski definition) is 3. The Morgan fingerprint density at radius 1 is 1.15 bits per heavy atom. The van der Waals surface area contributed by atoms with Crippen LogP contribution in [0.4, 0.5) is 0 Å². The van der Waals surface area contributed by atoms with E-state index in [-0.39, 0.29) is 0 Å². The molecule has 0 radical (unpaired) electrons. The number of unbranched alkanes of at least 4 members (excludes halogenated alkanes) is 2. The third kappa shape index (κ3) is 9.99. The second kappa shape index (κ2) is 10.2. The standard InChI is InChI=1S/C9H21NO2S/c1-12-7-5-9-13(11)8-4-2-3-6-10/h2-10H2,1H3. The van der Waals surface area contributed by atoms with Gasteiger partial charge in [0.1, 0.15) is 0 Å². The monoisotopic (exact) mass is 207 g/mol. The van der Waals surface area contributed by atoms with Gasteiger partial charge in [-0.3, -0.25) is 4.21 Å². The quantitative estimate of drug-likeness (QED) is 0.572. The molecule has 0 amide bonds. The zero-order valence-electron chi connectivity index (χ0n) is 8.46. The largest absolute Gasteiger partial charge is 0.385 e. The van der Waals surface area contributed by atoms with Gasteiger partial charge in [0.15, 0.2) is 0 Å². The van der Waals surface area contributed by atoms with Crippen LogP contribution < -0.4 is 5.73 Å². The Labute approximate surface area is 83.5 Å². The van der Waals surface area contributed by atoms with Gasteiger partial charge in [0.25, 0.3) is 0 Å². The highest BCUT2D eigenvalue weighted by Crippen LogP contribution is 1.97. The lowest BCUT2D eigenvalue weighted by molar-refractivity contribution is 0.200. The molecule has 0 rings (SSSR count). The molecule has 0 saturated heterocycles. The van der Waals surface area contributed by atoms with Gasteiger partial charge in [-0.25, -0.2) is 0 Å². The minimum atomic E-state index is -0.646. The van der Waals surface area contributed by atoms with E-state index in [1.807, 2.05) is 0 Å². The Bertz CT molecular complexity index is 131. The van der Waals surface area contributed by atoms with Gasteiger partial charge in [-0.1, -0.05) is 6.42 Å². The van der Waals surface area contributed by atoms with Crippen LogP contribution in [0.1, 0.15) is 25.7 Å². The van der Waals surface area contributed by atoms with Crippen molar-refractivity contribution in [1.82, 2.24) is 0 Å². The Hall–Kier alpha value is 0.0700. The van der Waals surface area contributed by atoms with Gasteiger partial charge in [-0.15, -0.1) is 0 Å². The van der Waals surface area contributed by atoms with Gasteiger partial charge in [0, 0.05) is 36.0 Å². The van der Waals surface area contributed by atoms with Gasteiger partial charge in [-0.05, 0) is 25.8 Å². The van der Waals surface area contributed by atoms with Crippen molar-refractivity contribution in [2.45, 2.75) is 25.7 Å². The van der Waals surface area contributed by atoms with Crippen LogP contribution in [0.25, 0.3) is 0 Å². The van der Waals surface area contributed by atoms with Crippen LogP contribution in [0.5, 0.6) is 0 Å². The molecule has 0 saturated carbocycles. The lowest BCUT2D eigenvalue weighted by Gasteiger charge is -2.01. The maximum Gasteiger partial charge on any atom is 0.0471 e. The summed E-state index contributed by atoms with van der Waals surface area (Å²) in [6.45, 7) is 1.46. The molecule has 0 heterocycles. The Morgan fingerprint density at radius 3 is 2.46 bits per heavy atom. The van der Waals surface area contributed by atoms with E-state index >= 15 is 0 Å². The molecule has 4 heteroatoms. The SMILES string of the molecule is COCCCS(=O)CCCCCN. The van der Waals surface area contributed by atoms with Crippen molar-refractivity contribution in [3.8, 4) is 0 Å². The maximum atomic E-state index is 11.3. The average molecular weight is 207 g/mol. The smallest absolute Gasteiger partial charge is 0.0471 e. The van der Waals surface area contributed by atoms with Crippen LogP contribution in [0.3, 0.4) is 0 Å². The number of ether oxygens (including phenoxy) is 1. The van der Waals surface area contributed by atoms with Gasteiger partial charge >= 0.3 is 0 Å². The summed E-state index contributed by atoms with van der Waals surface area (Å²) < 4.78 is 16.2. The van der Waals surface area contributed by atoms with Crippen LogP contribution in [0.2, 0.25) is 0 Å². The first-order chi connectivity index (χ1) is 6.31. The summed E-state index contributed by atoms with van der Waals surface area (Å²) in [4.78, 5) is 0. The molecular formula is C9H21NO2S. The molecule has 0 spiro atoms. The maximum absolute atomic E-state index is 11.3. The van der Waals surface area contributed by atoms with E-state index in [1.54, 1.807) is 7.11 Å². The van der Waals surface area contributed by atoms with E-state index in [4.69, 9.17) is 10.5 Å². The molecule has 0 aliphatic carbocycles. The Kier molecular flexibility index (Phi) is 10.2. The van der Waals surface area contributed by atoms with Crippen molar-refractivity contribution in [3.05, 3.63) is 0 Å². The average Bonchev–Trinajstić information content (AvgIpc) is 2.13. The topological polar surface area (TPSA) is 52.3 Å². The lowest BCUT2D eigenvalue weighted by Crippen LogP contribution is -2.06. The van der Waals surface area contributed by atoms with Crippen molar-refractivity contribution in [1.29, 1.82) is 0 Å². The predicted octanol–water partition coefficient (Wildman–Crippen LogP) is 0.901. The molecule has 0 aromatic rings. The summed E-state index contributed by atoms with van der Waals surface area (Å²) in [5.74, 6) is 1.60. The van der Waals surface area contributed by atoms with Crippen LogP contribution in [-0.2, 0) is 15.5 Å². The third-order valence-corrected chi connectivity index (χ3v) is 3.28. The van der Waals surface area contributed by atoms with Crippen molar-refractivity contribution < 1.29 is 8.95 Å². The molecule has 0 aliphatic rings. The normalized spacial score (nSPS) is 13.1. The fourth-order valence-electron chi connectivity index (χ4n) is 1.05. The van der Waals surface area contributed by atoms with Crippen molar-refractivity contribution in [2.24, 2.45) is 5.73 Å². The summed E-state index contributed by atoms with van der Waals surface area (Å²) in [5.41, 5.74) is 5.35. The van der Waals surface area contributed by atoms with Crippen LogP contribution >= 0.6 is 0 Å². The Morgan fingerprint density at radius 2 is 1.85 bits per heavy atom. The summed E-state index contributed by atoms with van der Waals surface area (Å²) in [6.07, 6.45) is 4.10. The number of nitrogens with two attached hydrogens (primary N) is 1. The van der Waals surface area contributed by atoms with Crippen LogP contribution in [0.15, 0.2) is 0 Å². The fourth-order valence-corrected chi connectivity index (χ4v) is 2.22. The highest BCUT2D eigenvalue weighted by atomic mass is 32.2. The lowest BCUT2D eigenvalue weighted by atomic mass is 10.2. The summed E-state index contributed by atoms with van der Waals surface area (Å²) in [7, 11) is 1.03. The van der Waals surface area contributed by atoms with Crippen LogP contribution in [0, 0.1) is 0 Å². The van der Waals surface area contributed by atoms with Gasteiger partial charge < -0.3 is 10.5 Å². The third-order valence-electron chi connectivity index (χ3n) is 1.80. The van der Waals surface area contributed by atoms with E-state index in [0.717, 1.165) is 43.7 Å². The van der Waals surface area contributed by atoms with Crippen molar-refractivity contribution >= 4 is 10.8 Å².